The lowest BCUT2D eigenvalue weighted by Gasteiger charge is -2.18. The third-order valence-electron chi connectivity index (χ3n) is 4.24. The number of rotatable bonds is 6. The molecule has 1 aromatic carbocycles. The van der Waals surface area contributed by atoms with Crippen molar-refractivity contribution < 1.29 is 13.9 Å². The summed E-state index contributed by atoms with van der Waals surface area (Å²) in [6, 6.07) is 4.06. The third-order valence-corrected chi connectivity index (χ3v) is 4.70. The van der Waals surface area contributed by atoms with E-state index in [2.05, 4.69) is 20.6 Å². The predicted molar refractivity (Wildman–Crippen MR) is 113 cm³/mol. The number of amides is 1. The third kappa shape index (κ3) is 4.31. The SMILES string of the molecule is CNC(=O)COc1cc2c(F)c(Nc3nc(Cl)ncc3Cl)ccc2n(C(C)C)c1=O. The number of nitrogens with one attached hydrogen (secondary N) is 2. The molecule has 30 heavy (non-hydrogen) atoms. The molecule has 2 heterocycles. The van der Waals surface area contributed by atoms with E-state index in [0.29, 0.717) is 5.52 Å². The summed E-state index contributed by atoms with van der Waals surface area (Å²) < 4.78 is 22.1. The van der Waals surface area contributed by atoms with E-state index in [4.69, 9.17) is 27.9 Å². The first-order valence-corrected chi connectivity index (χ1v) is 9.64. The van der Waals surface area contributed by atoms with Crippen LogP contribution in [0.4, 0.5) is 15.9 Å². The minimum Gasteiger partial charge on any atom is -0.478 e. The van der Waals surface area contributed by atoms with Gasteiger partial charge in [-0.2, -0.15) is 4.98 Å². The van der Waals surface area contributed by atoms with Gasteiger partial charge in [-0.05, 0) is 43.6 Å². The van der Waals surface area contributed by atoms with Crippen molar-refractivity contribution in [1.29, 1.82) is 0 Å². The van der Waals surface area contributed by atoms with Gasteiger partial charge in [0.25, 0.3) is 11.5 Å². The molecule has 0 bridgehead atoms. The molecule has 11 heteroatoms. The lowest BCUT2D eigenvalue weighted by atomic mass is 10.1. The molecule has 0 spiro atoms. The first kappa shape index (κ1) is 21.8. The molecule has 0 unspecified atom stereocenters. The molecule has 0 saturated heterocycles. The van der Waals surface area contributed by atoms with Gasteiger partial charge in [0.1, 0.15) is 5.02 Å². The summed E-state index contributed by atoms with van der Waals surface area (Å²) in [6.45, 7) is 3.20. The number of fused-ring (bicyclic) bond motifs is 1. The van der Waals surface area contributed by atoms with Crippen molar-refractivity contribution in [2.75, 3.05) is 19.0 Å². The van der Waals surface area contributed by atoms with Crippen molar-refractivity contribution >= 4 is 51.5 Å². The zero-order valence-corrected chi connectivity index (χ0v) is 17.8. The average molecular weight is 454 g/mol. The Morgan fingerprint density at radius 2 is 2.07 bits per heavy atom. The van der Waals surface area contributed by atoms with E-state index in [0.717, 1.165) is 0 Å². The number of carbonyl (C=O) groups is 1. The van der Waals surface area contributed by atoms with Crippen molar-refractivity contribution in [3.63, 3.8) is 0 Å². The quantitative estimate of drug-likeness (QED) is 0.552. The van der Waals surface area contributed by atoms with Crippen molar-refractivity contribution in [2.24, 2.45) is 0 Å². The van der Waals surface area contributed by atoms with E-state index in [1.807, 2.05) is 0 Å². The summed E-state index contributed by atoms with van der Waals surface area (Å²) in [4.78, 5) is 32.0. The normalized spacial score (nSPS) is 11.0. The van der Waals surface area contributed by atoms with Crippen LogP contribution in [0, 0.1) is 5.82 Å². The number of likely N-dealkylation sites (N-methyl/N-ethyl adjacent to an activating group) is 1. The summed E-state index contributed by atoms with van der Waals surface area (Å²) in [5.41, 5.74) is -0.0327. The number of ether oxygens (including phenoxy) is 1. The highest BCUT2D eigenvalue weighted by Gasteiger charge is 2.19. The zero-order chi connectivity index (χ0) is 22.0. The van der Waals surface area contributed by atoms with Crippen LogP contribution < -0.4 is 20.9 Å². The smallest absolute Gasteiger partial charge is 0.293 e. The molecule has 8 nitrogen and oxygen atoms in total. The van der Waals surface area contributed by atoms with E-state index >= 15 is 4.39 Å². The van der Waals surface area contributed by atoms with Crippen LogP contribution in [-0.4, -0.2) is 34.1 Å². The van der Waals surface area contributed by atoms with Crippen LogP contribution in [0.3, 0.4) is 0 Å². The van der Waals surface area contributed by atoms with Crippen LogP contribution in [0.5, 0.6) is 5.75 Å². The van der Waals surface area contributed by atoms with E-state index in [1.165, 1.54) is 29.9 Å². The largest absolute Gasteiger partial charge is 0.478 e. The molecule has 0 aliphatic carbocycles. The number of benzene rings is 1. The molecule has 0 aliphatic rings. The Kier molecular flexibility index (Phi) is 6.42. The van der Waals surface area contributed by atoms with E-state index in [1.54, 1.807) is 19.9 Å². The maximum atomic E-state index is 15.4. The highest BCUT2D eigenvalue weighted by atomic mass is 35.5. The summed E-state index contributed by atoms with van der Waals surface area (Å²) >= 11 is 11.8. The van der Waals surface area contributed by atoms with Crippen molar-refractivity contribution in [3.05, 3.63) is 50.9 Å². The Bertz CT molecular complexity index is 1180. The van der Waals surface area contributed by atoms with Gasteiger partial charge in [0.2, 0.25) is 5.28 Å². The van der Waals surface area contributed by atoms with E-state index in [-0.39, 0.29) is 45.6 Å². The number of nitrogens with zero attached hydrogens (tertiary/aromatic N) is 3. The van der Waals surface area contributed by atoms with Crippen LogP contribution in [0.1, 0.15) is 19.9 Å². The number of pyridine rings is 1. The molecule has 0 atom stereocenters. The Balaban J connectivity index is 2.14. The molecule has 3 rings (SSSR count). The first-order valence-electron chi connectivity index (χ1n) is 8.89. The lowest BCUT2D eigenvalue weighted by Crippen LogP contribution is -2.29. The van der Waals surface area contributed by atoms with Crippen molar-refractivity contribution in [1.82, 2.24) is 19.9 Å². The van der Waals surface area contributed by atoms with E-state index < -0.39 is 17.3 Å². The average Bonchev–Trinajstić information content (AvgIpc) is 2.70. The van der Waals surface area contributed by atoms with Gasteiger partial charge in [0.15, 0.2) is 24.0 Å². The maximum absolute atomic E-state index is 15.4. The van der Waals surface area contributed by atoms with Gasteiger partial charge in [-0.3, -0.25) is 9.59 Å². The molecule has 0 aliphatic heterocycles. The fourth-order valence-corrected chi connectivity index (χ4v) is 3.11. The molecule has 1 amide bonds. The second kappa shape index (κ2) is 8.85. The summed E-state index contributed by atoms with van der Waals surface area (Å²) in [7, 11) is 1.45. The van der Waals surface area contributed by atoms with Gasteiger partial charge in [0.05, 0.1) is 17.4 Å². The van der Waals surface area contributed by atoms with Gasteiger partial charge in [-0.15, -0.1) is 0 Å². The minimum absolute atomic E-state index is 0.0540. The van der Waals surface area contributed by atoms with Crippen LogP contribution in [0.15, 0.2) is 29.2 Å². The second-order valence-electron chi connectivity index (χ2n) is 6.56. The highest BCUT2D eigenvalue weighted by molar-refractivity contribution is 6.33. The van der Waals surface area contributed by atoms with Gasteiger partial charge < -0.3 is 19.9 Å². The number of hydrogen-bond donors (Lipinski definition) is 2. The molecular formula is C19H18Cl2FN5O3. The van der Waals surface area contributed by atoms with Crippen LogP contribution in [-0.2, 0) is 4.79 Å². The molecule has 158 valence electrons. The zero-order valence-electron chi connectivity index (χ0n) is 16.3. The Labute approximate surface area is 181 Å². The summed E-state index contributed by atoms with van der Waals surface area (Å²) in [5, 5.41) is 5.40. The van der Waals surface area contributed by atoms with Gasteiger partial charge in [-0.1, -0.05) is 11.6 Å². The molecule has 0 radical (unpaired) electrons. The number of anilines is 2. The Morgan fingerprint density at radius 1 is 1.33 bits per heavy atom. The number of halogens is 3. The Hall–Kier alpha value is -2.91. The highest BCUT2D eigenvalue weighted by Crippen LogP contribution is 2.31. The summed E-state index contributed by atoms with van der Waals surface area (Å²) in [5.74, 6) is -1.09. The number of hydrogen-bond acceptors (Lipinski definition) is 6. The van der Waals surface area contributed by atoms with Crippen LogP contribution in [0.25, 0.3) is 10.9 Å². The topological polar surface area (TPSA) is 98.1 Å². The molecule has 0 saturated carbocycles. The molecular weight excluding hydrogens is 436 g/mol. The molecule has 2 aromatic heterocycles. The van der Waals surface area contributed by atoms with Crippen LogP contribution >= 0.6 is 23.2 Å². The first-order chi connectivity index (χ1) is 14.2. The predicted octanol–water partition coefficient (Wildman–Crippen LogP) is 3.69. The number of aromatic nitrogens is 3. The van der Waals surface area contributed by atoms with Gasteiger partial charge in [0, 0.05) is 18.5 Å². The Morgan fingerprint density at radius 3 is 2.73 bits per heavy atom. The van der Waals surface area contributed by atoms with Crippen molar-refractivity contribution in [2.45, 2.75) is 19.9 Å². The summed E-state index contributed by atoms with van der Waals surface area (Å²) in [6.07, 6.45) is 1.29. The number of carbonyl (C=O) groups excluding carboxylic acids is 1. The fourth-order valence-electron chi connectivity index (χ4n) is 2.84. The molecule has 3 aromatic rings. The van der Waals surface area contributed by atoms with E-state index in [9.17, 15) is 9.59 Å². The molecule has 2 N–H and O–H groups in total. The van der Waals surface area contributed by atoms with Gasteiger partial charge >= 0.3 is 0 Å². The fraction of sp³-hybridized carbons (Fsp3) is 0.263. The van der Waals surface area contributed by atoms with Crippen LogP contribution in [0.2, 0.25) is 10.3 Å². The standard InChI is InChI=1S/C19H18Cl2FN5O3/c1-9(2)27-13-5-4-12(25-17-11(20)7-24-19(21)26-17)16(22)10(13)6-14(18(27)29)30-8-15(28)23-3/h4-7,9H,8H2,1-3H3,(H,23,28)(H,24,25,26). The molecule has 0 fully saturated rings. The van der Waals surface area contributed by atoms with Crippen molar-refractivity contribution in [3.8, 4) is 5.75 Å². The minimum atomic E-state index is -0.655. The van der Waals surface area contributed by atoms with Gasteiger partial charge in [-0.25, -0.2) is 9.37 Å². The monoisotopic (exact) mass is 453 g/mol. The second-order valence-corrected chi connectivity index (χ2v) is 7.31. The maximum Gasteiger partial charge on any atom is 0.293 e. The lowest BCUT2D eigenvalue weighted by molar-refractivity contribution is -0.122.